The molecule has 2 aromatic rings. The zero-order valence-corrected chi connectivity index (χ0v) is 16.8. The van der Waals surface area contributed by atoms with Crippen molar-refractivity contribution >= 4 is 44.7 Å². The highest BCUT2D eigenvalue weighted by atomic mass is 32.2. The summed E-state index contributed by atoms with van der Waals surface area (Å²) in [6.07, 6.45) is 1.14. The molecule has 10 heteroatoms. The number of carbonyl (C=O) groups is 3. The van der Waals surface area contributed by atoms with Crippen LogP contribution in [0.5, 0.6) is 0 Å². The first-order valence-corrected chi connectivity index (χ1v) is 10.8. The van der Waals surface area contributed by atoms with Crippen LogP contribution in [0.15, 0.2) is 46.0 Å². The van der Waals surface area contributed by atoms with Gasteiger partial charge in [-0.05, 0) is 42.1 Å². The van der Waals surface area contributed by atoms with Crippen LogP contribution < -0.4 is 10.0 Å². The Morgan fingerprint density at radius 2 is 1.82 bits per heavy atom. The second-order valence-electron chi connectivity index (χ2n) is 5.72. The van der Waals surface area contributed by atoms with Crippen molar-refractivity contribution in [3.05, 3.63) is 47.3 Å². The zero-order chi connectivity index (χ0) is 20.6. The third-order valence-electron chi connectivity index (χ3n) is 3.50. The van der Waals surface area contributed by atoms with Gasteiger partial charge in [0.1, 0.15) is 10.8 Å². The van der Waals surface area contributed by atoms with Gasteiger partial charge >= 0.3 is 5.97 Å². The maximum absolute atomic E-state index is 12.1. The van der Waals surface area contributed by atoms with E-state index in [0.717, 1.165) is 17.8 Å². The second-order valence-corrected chi connectivity index (χ2v) is 8.66. The largest absolute Gasteiger partial charge is 0.456 e. The number of Topliss-reactive ketones (excluding diaryl/α,β-unsaturated/α-hetero) is 1. The van der Waals surface area contributed by atoms with E-state index in [-0.39, 0.29) is 10.1 Å². The minimum absolute atomic E-state index is 0.0856. The minimum Gasteiger partial charge on any atom is -0.456 e. The van der Waals surface area contributed by atoms with Gasteiger partial charge in [-0.3, -0.25) is 14.4 Å². The molecule has 1 aromatic heterocycles. The predicted molar refractivity (Wildman–Crippen MR) is 105 cm³/mol. The summed E-state index contributed by atoms with van der Waals surface area (Å²) in [6, 6.07) is 9.18. The highest BCUT2D eigenvalue weighted by Crippen LogP contribution is 2.15. The number of benzene rings is 1. The van der Waals surface area contributed by atoms with Crippen LogP contribution in [0.4, 0.5) is 5.69 Å². The molecule has 0 aliphatic heterocycles. The molecule has 2 N–H and O–H groups in total. The number of rotatable bonds is 10. The topological polar surface area (TPSA) is 119 Å². The third-order valence-corrected chi connectivity index (χ3v) is 6.30. The Kier molecular flexibility index (Phi) is 7.85. The van der Waals surface area contributed by atoms with Gasteiger partial charge in [-0.25, -0.2) is 8.42 Å². The van der Waals surface area contributed by atoms with Crippen molar-refractivity contribution in [1.82, 2.24) is 4.72 Å². The summed E-state index contributed by atoms with van der Waals surface area (Å²) in [7, 11) is -3.77. The predicted octanol–water partition coefficient (Wildman–Crippen LogP) is 2.19. The highest BCUT2D eigenvalue weighted by Gasteiger charge is 2.17. The molecular weight excluding hydrogens is 404 g/mol. The van der Waals surface area contributed by atoms with Crippen LogP contribution in [0.1, 0.15) is 30.1 Å². The first kappa shape index (κ1) is 21.7. The number of thiophene rings is 1. The molecule has 0 bridgehead atoms. The van der Waals surface area contributed by atoms with Gasteiger partial charge in [-0.1, -0.05) is 13.0 Å². The molecule has 0 saturated carbocycles. The molecule has 150 valence electrons. The lowest BCUT2D eigenvalue weighted by molar-refractivity contribution is -0.141. The van der Waals surface area contributed by atoms with E-state index in [4.69, 9.17) is 4.74 Å². The molecule has 28 heavy (non-hydrogen) atoms. The first-order valence-electron chi connectivity index (χ1n) is 8.43. The summed E-state index contributed by atoms with van der Waals surface area (Å²) in [5.74, 6) is -1.42. The minimum atomic E-state index is -3.77. The number of anilines is 1. The number of ketones is 1. The van der Waals surface area contributed by atoms with Crippen molar-refractivity contribution in [1.29, 1.82) is 0 Å². The average Bonchev–Trinajstić information content (AvgIpc) is 3.21. The smallest absolute Gasteiger partial charge is 0.321 e. The van der Waals surface area contributed by atoms with Gasteiger partial charge < -0.3 is 10.1 Å². The van der Waals surface area contributed by atoms with E-state index < -0.39 is 34.9 Å². The van der Waals surface area contributed by atoms with Gasteiger partial charge in [0.05, 0.1) is 0 Å². The van der Waals surface area contributed by atoms with E-state index in [9.17, 15) is 22.8 Å². The second kappa shape index (κ2) is 10.1. The van der Waals surface area contributed by atoms with Crippen LogP contribution in [-0.2, 0) is 24.3 Å². The summed E-state index contributed by atoms with van der Waals surface area (Å²) in [4.78, 5) is 35.3. The lowest BCUT2D eigenvalue weighted by atomic mass is 10.1. The van der Waals surface area contributed by atoms with Gasteiger partial charge in [-0.15, -0.1) is 11.3 Å². The monoisotopic (exact) mass is 424 g/mol. The fourth-order valence-corrected chi connectivity index (χ4v) is 4.12. The fraction of sp³-hybridized carbons (Fsp3) is 0.278. The maximum atomic E-state index is 12.1. The van der Waals surface area contributed by atoms with E-state index in [1.54, 1.807) is 23.6 Å². The van der Waals surface area contributed by atoms with Crippen LogP contribution >= 0.6 is 11.3 Å². The summed E-state index contributed by atoms with van der Waals surface area (Å²) in [5, 5.41) is 4.30. The molecule has 2 rings (SSSR count). The molecule has 0 aliphatic rings. The molecule has 0 fully saturated rings. The quantitative estimate of drug-likeness (QED) is 0.446. The Labute approximate surface area is 167 Å². The lowest BCUT2D eigenvalue weighted by Crippen LogP contribution is -2.31. The Bertz CT molecular complexity index is 921. The molecule has 0 radical (unpaired) electrons. The van der Waals surface area contributed by atoms with Crippen LogP contribution in [-0.4, -0.2) is 39.2 Å². The summed E-state index contributed by atoms with van der Waals surface area (Å²) < 4.78 is 30.8. The Morgan fingerprint density at radius 3 is 2.43 bits per heavy atom. The Hall–Kier alpha value is -2.56. The molecule has 8 nitrogen and oxygen atoms in total. The van der Waals surface area contributed by atoms with E-state index in [0.29, 0.717) is 17.7 Å². The molecule has 1 amide bonds. The van der Waals surface area contributed by atoms with Crippen LogP contribution in [0.25, 0.3) is 0 Å². The van der Waals surface area contributed by atoms with E-state index in [1.165, 1.54) is 18.2 Å². The SMILES string of the molecule is CCCC(=O)Nc1ccc(C(=O)COC(=O)CNS(=O)(=O)c2cccs2)cc1. The molecule has 1 aromatic carbocycles. The van der Waals surface area contributed by atoms with Gasteiger partial charge in [0.2, 0.25) is 5.91 Å². The Morgan fingerprint density at radius 1 is 1.11 bits per heavy atom. The Balaban J connectivity index is 1.80. The van der Waals surface area contributed by atoms with Crippen molar-refractivity contribution < 1.29 is 27.5 Å². The molecule has 1 heterocycles. The number of carbonyl (C=O) groups excluding carboxylic acids is 3. The van der Waals surface area contributed by atoms with Crippen molar-refractivity contribution in [2.45, 2.75) is 24.0 Å². The maximum Gasteiger partial charge on any atom is 0.321 e. The van der Waals surface area contributed by atoms with E-state index in [2.05, 4.69) is 10.0 Å². The van der Waals surface area contributed by atoms with Gasteiger partial charge in [0.15, 0.2) is 12.4 Å². The van der Waals surface area contributed by atoms with E-state index in [1.807, 2.05) is 6.92 Å². The van der Waals surface area contributed by atoms with E-state index >= 15 is 0 Å². The fourth-order valence-electron chi connectivity index (χ4n) is 2.11. The van der Waals surface area contributed by atoms with Crippen LogP contribution in [0.3, 0.4) is 0 Å². The summed E-state index contributed by atoms with van der Waals surface area (Å²) in [6.45, 7) is 0.812. The van der Waals surface area contributed by atoms with Crippen molar-refractivity contribution in [2.75, 3.05) is 18.5 Å². The van der Waals surface area contributed by atoms with Crippen molar-refractivity contribution in [3.8, 4) is 0 Å². The normalized spacial score (nSPS) is 11.0. The number of hydrogen-bond acceptors (Lipinski definition) is 7. The molecular formula is C18H20N2O6S2. The number of ether oxygens (including phenoxy) is 1. The third kappa shape index (κ3) is 6.55. The number of nitrogens with one attached hydrogen (secondary N) is 2. The molecule has 0 spiro atoms. The number of amides is 1. The van der Waals surface area contributed by atoms with Gasteiger partial charge in [0.25, 0.3) is 10.0 Å². The first-order chi connectivity index (χ1) is 13.3. The molecule has 0 unspecified atom stereocenters. The highest BCUT2D eigenvalue weighted by molar-refractivity contribution is 7.91. The van der Waals surface area contributed by atoms with Crippen molar-refractivity contribution in [3.63, 3.8) is 0 Å². The molecule has 0 atom stereocenters. The molecule has 0 aliphatic carbocycles. The zero-order valence-electron chi connectivity index (χ0n) is 15.1. The van der Waals surface area contributed by atoms with Crippen LogP contribution in [0, 0.1) is 0 Å². The number of esters is 1. The lowest BCUT2D eigenvalue weighted by Gasteiger charge is -2.07. The molecule has 0 saturated heterocycles. The van der Waals surface area contributed by atoms with Crippen molar-refractivity contribution in [2.24, 2.45) is 0 Å². The average molecular weight is 425 g/mol. The number of hydrogen-bond donors (Lipinski definition) is 2. The summed E-state index contributed by atoms with van der Waals surface area (Å²) in [5.41, 5.74) is 0.871. The standard InChI is InChI=1S/C18H20N2O6S2/c1-2-4-16(22)20-14-8-6-13(7-9-14)15(21)12-26-17(23)11-19-28(24,25)18-5-3-10-27-18/h3,5-10,19H,2,4,11-12H2,1H3,(H,20,22). The van der Waals surface area contributed by atoms with Crippen LogP contribution in [0.2, 0.25) is 0 Å². The van der Waals surface area contributed by atoms with Gasteiger partial charge in [-0.2, -0.15) is 4.72 Å². The van der Waals surface area contributed by atoms with Gasteiger partial charge in [0, 0.05) is 17.7 Å². The summed E-state index contributed by atoms with van der Waals surface area (Å²) >= 11 is 1.02. The number of sulfonamides is 1.